The van der Waals surface area contributed by atoms with Gasteiger partial charge in [0.25, 0.3) is 0 Å². The number of rotatable bonds is 7. The number of benzene rings is 5. The summed E-state index contributed by atoms with van der Waals surface area (Å²) in [5, 5.41) is 1.88. The molecule has 1 fully saturated rings. The number of hydrogen-bond donors (Lipinski definition) is 0. The Hall–Kier alpha value is -3.64. The van der Waals surface area contributed by atoms with Crippen molar-refractivity contribution in [3.63, 3.8) is 0 Å². The molecule has 7 rings (SSSR count). The first-order chi connectivity index (χ1) is 21.9. The van der Waals surface area contributed by atoms with Crippen LogP contribution in [0.5, 0.6) is 17.2 Å². The van der Waals surface area contributed by atoms with E-state index in [1.54, 1.807) is 14.2 Å². The monoisotopic (exact) mass is 699 g/mol. The molecule has 1 saturated heterocycles. The van der Waals surface area contributed by atoms with E-state index in [9.17, 15) is 0 Å². The average molecular weight is 701 g/mol. The lowest BCUT2D eigenvalue weighted by molar-refractivity contribution is 0.160. The highest BCUT2D eigenvalue weighted by Crippen LogP contribution is 2.53. The van der Waals surface area contributed by atoms with Gasteiger partial charge in [0.05, 0.1) is 14.2 Å². The quantitative estimate of drug-likeness (QED) is 0.158. The average Bonchev–Trinajstić information content (AvgIpc) is 3.63. The van der Waals surface area contributed by atoms with Crippen LogP contribution in [0.2, 0.25) is 0 Å². The Bertz CT molecular complexity index is 1890. The maximum absolute atomic E-state index is 7.27. The second-order valence-corrected chi connectivity index (χ2v) is 13.4. The van der Waals surface area contributed by atoms with E-state index in [-0.39, 0.29) is 0 Å². The Balaban J connectivity index is 1.51. The van der Waals surface area contributed by atoms with Crippen molar-refractivity contribution < 1.29 is 14.2 Å². The molecule has 0 amide bonds. The molecule has 2 heterocycles. The summed E-state index contributed by atoms with van der Waals surface area (Å²) >= 11 is 17.3. The van der Waals surface area contributed by atoms with Crippen LogP contribution in [-0.2, 0) is 5.60 Å². The fourth-order valence-electron chi connectivity index (χ4n) is 6.67. The summed E-state index contributed by atoms with van der Waals surface area (Å²) in [4.78, 5) is 1.61. The van der Waals surface area contributed by atoms with E-state index >= 15 is 0 Å². The van der Waals surface area contributed by atoms with Crippen molar-refractivity contribution in [1.29, 1.82) is 0 Å². The molecule has 5 aromatic rings. The molecule has 2 aliphatic heterocycles. The molecule has 45 heavy (non-hydrogen) atoms. The fraction of sp³-hybridized carbons (Fsp3) is 0.211. The maximum atomic E-state index is 7.27. The zero-order valence-electron chi connectivity index (χ0n) is 25.0. The van der Waals surface area contributed by atoms with E-state index in [4.69, 9.17) is 37.4 Å². The third-order valence-corrected chi connectivity index (χ3v) is 9.88. The van der Waals surface area contributed by atoms with Gasteiger partial charge in [-0.2, -0.15) is 0 Å². The van der Waals surface area contributed by atoms with E-state index in [2.05, 4.69) is 81.5 Å². The van der Waals surface area contributed by atoms with Gasteiger partial charge < -0.3 is 19.1 Å². The number of anilines is 1. The highest BCUT2D eigenvalue weighted by Gasteiger charge is 2.41. The molecule has 7 heteroatoms. The molecule has 0 saturated carbocycles. The van der Waals surface area contributed by atoms with Crippen molar-refractivity contribution in [1.82, 2.24) is 0 Å². The van der Waals surface area contributed by atoms with Crippen LogP contribution in [0.4, 0.5) is 5.69 Å². The van der Waals surface area contributed by atoms with Gasteiger partial charge in [-0.3, -0.25) is 0 Å². The van der Waals surface area contributed by atoms with E-state index < -0.39 is 10.4 Å². The van der Waals surface area contributed by atoms with Crippen LogP contribution in [0.3, 0.4) is 0 Å². The molecule has 2 aliphatic rings. The molecular formula is C38H32BrCl2NO3. The van der Waals surface area contributed by atoms with Gasteiger partial charge in [-0.25, -0.2) is 0 Å². The summed E-state index contributed by atoms with van der Waals surface area (Å²) in [6.45, 7) is 2.16. The van der Waals surface area contributed by atoms with Crippen molar-refractivity contribution in [3.8, 4) is 28.4 Å². The molecule has 0 aliphatic carbocycles. The van der Waals surface area contributed by atoms with Gasteiger partial charge in [-0.15, -0.1) is 23.2 Å². The van der Waals surface area contributed by atoms with Crippen molar-refractivity contribution in [2.75, 3.05) is 32.2 Å². The minimum atomic E-state index is -0.976. The fourth-order valence-corrected chi connectivity index (χ4v) is 7.28. The number of fused-ring (bicyclic) bond motifs is 3. The maximum Gasteiger partial charge on any atom is 0.178 e. The summed E-state index contributed by atoms with van der Waals surface area (Å²) in [6.07, 6.45) is 4.54. The number of hydrogen-bond acceptors (Lipinski definition) is 4. The molecule has 5 aromatic carbocycles. The molecule has 0 spiro atoms. The Kier molecular flexibility index (Phi) is 8.20. The molecule has 0 N–H and O–H groups in total. The molecule has 0 radical (unpaired) electrons. The van der Waals surface area contributed by atoms with Crippen LogP contribution < -0.4 is 19.1 Å². The zero-order chi connectivity index (χ0) is 31.1. The number of alkyl halides is 2. The van der Waals surface area contributed by atoms with Gasteiger partial charge in [0.2, 0.25) is 0 Å². The molecule has 228 valence electrons. The highest BCUT2D eigenvalue weighted by atomic mass is 79.9. The van der Waals surface area contributed by atoms with E-state index in [0.29, 0.717) is 17.2 Å². The molecule has 4 nitrogen and oxygen atoms in total. The normalized spacial score (nSPS) is 17.6. The molecule has 1 atom stereocenters. The predicted molar refractivity (Wildman–Crippen MR) is 189 cm³/mol. The Morgan fingerprint density at radius 2 is 1.40 bits per heavy atom. The number of ether oxygens (including phenoxy) is 3. The minimum Gasteiger partial charge on any atom is -0.493 e. The van der Waals surface area contributed by atoms with Gasteiger partial charge in [-0.1, -0.05) is 70.5 Å². The zero-order valence-corrected chi connectivity index (χ0v) is 28.1. The third kappa shape index (κ3) is 5.35. The minimum absolute atomic E-state index is 0.609. The van der Waals surface area contributed by atoms with Crippen LogP contribution in [0.1, 0.15) is 29.5 Å². The molecule has 0 bridgehead atoms. The number of methoxy groups -OCH3 is 2. The SMILES string of the molecule is COc1cc2c(-c3ccc(Br)cc3)cc3c(c2cc1OC)C(C(Cl)Cl)=CC(c1ccccc1)(c1ccc(N2CCCC2)cc1)O3. The van der Waals surface area contributed by atoms with E-state index in [0.717, 1.165) is 61.7 Å². The number of nitrogens with zero attached hydrogens (tertiary/aromatic N) is 1. The van der Waals surface area contributed by atoms with Gasteiger partial charge in [0, 0.05) is 39.9 Å². The topological polar surface area (TPSA) is 30.9 Å². The van der Waals surface area contributed by atoms with Gasteiger partial charge in [0.15, 0.2) is 17.1 Å². The first-order valence-electron chi connectivity index (χ1n) is 15.0. The highest BCUT2D eigenvalue weighted by molar-refractivity contribution is 9.10. The van der Waals surface area contributed by atoms with E-state index in [1.165, 1.54) is 18.5 Å². The van der Waals surface area contributed by atoms with Crippen molar-refractivity contribution in [3.05, 3.63) is 124 Å². The standard InChI is InChI=1S/C38H32BrCl2NO3/c1-43-33-21-30-29(24-10-14-27(39)15-11-24)20-35-36(31(30)22-34(33)44-2)32(37(40)41)23-38(45-35,25-8-4-3-5-9-25)26-12-16-28(17-13-26)42-18-6-7-19-42/h3-5,8-17,20-23,37H,6-7,18-19H2,1-2H3. The van der Waals surface area contributed by atoms with Gasteiger partial charge in [-0.05, 0) is 88.9 Å². The first kappa shape index (κ1) is 30.0. The lowest BCUT2D eigenvalue weighted by Gasteiger charge is -2.39. The smallest absolute Gasteiger partial charge is 0.178 e. The first-order valence-corrected chi connectivity index (χ1v) is 16.7. The van der Waals surface area contributed by atoms with Crippen LogP contribution in [0.25, 0.3) is 27.5 Å². The van der Waals surface area contributed by atoms with Crippen LogP contribution >= 0.6 is 39.1 Å². The second-order valence-electron chi connectivity index (χ2n) is 11.4. The Morgan fingerprint density at radius 1 is 0.778 bits per heavy atom. The van der Waals surface area contributed by atoms with Gasteiger partial charge >= 0.3 is 0 Å². The van der Waals surface area contributed by atoms with Crippen molar-refractivity contribution in [2.45, 2.75) is 23.3 Å². The van der Waals surface area contributed by atoms with Crippen LogP contribution in [0, 0.1) is 0 Å². The van der Waals surface area contributed by atoms with Crippen molar-refractivity contribution in [2.24, 2.45) is 0 Å². The summed E-state index contributed by atoms with van der Waals surface area (Å²) in [5.74, 6) is 1.93. The van der Waals surface area contributed by atoms with Crippen LogP contribution in [0.15, 0.2) is 108 Å². The molecular weight excluding hydrogens is 669 g/mol. The van der Waals surface area contributed by atoms with Crippen LogP contribution in [-0.4, -0.2) is 32.1 Å². The lowest BCUT2D eigenvalue weighted by Crippen LogP contribution is -2.36. The molecule has 1 unspecified atom stereocenters. The molecule has 0 aromatic heterocycles. The third-order valence-electron chi connectivity index (χ3n) is 8.88. The van der Waals surface area contributed by atoms with E-state index in [1.807, 2.05) is 42.5 Å². The van der Waals surface area contributed by atoms with Crippen molar-refractivity contribution >= 4 is 61.2 Å². The van der Waals surface area contributed by atoms with Gasteiger partial charge in [0.1, 0.15) is 10.6 Å². The summed E-state index contributed by atoms with van der Waals surface area (Å²) in [5.41, 5.74) is 5.85. The number of allylic oxidation sites excluding steroid dienone is 1. The summed E-state index contributed by atoms with van der Waals surface area (Å²) in [6, 6.07) is 33.4. The Labute approximate surface area is 282 Å². The summed E-state index contributed by atoms with van der Waals surface area (Å²) in [7, 11) is 3.28. The predicted octanol–water partition coefficient (Wildman–Crippen LogP) is 10.4. The lowest BCUT2D eigenvalue weighted by atomic mass is 9.80. The largest absolute Gasteiger partial charge is 0.493 e. The second kappa shape index (κ2) is 12.3. The number of halogens is 3. The summed E-state index contributed by atoms with van der Waals surface area (Å²) < 4.78 is 19.8. The Morgan fingerprint density at radius 3 is 2.02 bits per heavy atom.